The van der Waals surface area contributed by atoms with Crippen LogP contribution in [0.15, 0.2) is 209 Å². The highest BCUT2D eigenvalue weighted by Gasteiger charge is 2.55. The fourth-order valence-corrected chi connectivity index (χ4v) is 29.1. The van der Waals surface area contributed by atoms with Crippen molar-refractivity contribution in [2.24, 2.45) is 69.0 Å². The second-order valence-corrected chi connectivity index (χ2v) is 58.5. The van der Waals surface area contributed by atoms with Crippen LogP contribution in [0.3, 0.4) is 0 Å². The number of aryl methyl sites for hydroxylation is 2. The summed E-state index contributed by atoms with van der Waals surface area (Å²) in [6, 6.07) is 51.6. The topological polar surface area (TPSA) is 0 Å². The minimum atomic E-state index is -1.47. The van der Waals surface area contributed by atoms with E-state index in [0.717, 1.165) is 23.7 Å². The van der Waals surface area contributed by atoms with E-state index in [1.54, 1.807) is 20.8 Å². The van der Waals surface area contributed by atoms with E-state index in [-0.39, 0.29) is 0 Å². The van der Waals surface area contributed by atoms with Crippen molar-refractivity contribution in [3.8, 4) is 0 Å². The molecule has 8 aliphatic carbocycles. The molecule has 4 heteroatoms. The minimum absolute atomic E-state index is 0.353. The molecule has 0 aliphatic heterocycles. The largest absolute Gasteiger partial charge is 0.0949 e. The van der Waals surface area contributed by atoms with Crippen molar-refractivity contribution in [1.29, 1.82) is 0 Å². The van der Waals surface area contributed by atoms with Crippen molar-refractivity contribution in [1.82, 2.24) is 0 Å². The number of hydrogen-bond donors (Lipinski definition) is 0. The molecule has 0 saturated heterocycles. The van der Waals surface area contributed by atoms with Gasteiger partial charge in [0.2, 0.25) is 0 Å². The van der Waals surface area contributed by atoms with Gasteiger partial charge in [0.15, 0.2) is 0 Å². The molecule has 0 radical (unpaired) electrons. The zero-order valence-electron chi connectivity index (χ0n) is 65.1. The second kappa shape index (κ2) is 28.4. The first-order valence-corrected chi connectivity index (χ1v) is 52.3. The molecule has 12 atom stereocenters. The van der Waals surface area contributed by atoms with Crippen molar-refractivity contribution in [3.63, 3.8) is 0 Å². The van der Waals surface area contributed by atoms with Crippen LogP contribution in [0.25, 0.3) is 22.3 Å². The lowest BCUT2D eigenvalue weighted by Crippen LogP contribution is -2.40. The molecule has 4 saturated carbocycles. The van der Waals surface area contributed by atoms with Gasteiger partial charge in [-0.1, -0.05) is 325 Å². The summed E-state index contributed by atoms with van der Waals surface area (Å²) >= 11 is 0. The van der Waals surface area contributed by atoms with Crippen LogP contribution < -0.4 is 0 Å². The highest BCUT2D eigenvalue weighted by Crippen LogP contribution is 2.65. The zero-order valence-corrected chi connectivity index (χ0v) is 69.1. The monoisotopic (exact) mass is 1360 g/mol. The zero-order chi connectivity index (χ0) is 70.8. The minimum Gasteiger partial charge on any atom is -0.0949 e. The molecule has 0 bridgehead atoms. The highest BCUT2D eigenvalue weighted by atomic mass is 28.3. The third-order valence-corrected chi connectivity index (χ3v) is 34.7. The van der Waals surface area contributed by atoms with Gasteiger partial charge in [0.05, 0.1) is 32.3 Å². The molecule has 0 amide bonds. The summed E-state index contributed by atoms with van der Waals surface area (Å²) in [5, 5.41) is 7.00. The molecule has 0 aromatic heterocycles. The number of hydrogen-bond acceptors (Lipinski definition) is 0. The highest BCUT2D eigenvalue weighted by molar-refractivity contribution is 6.85. The Balaban J connectivity index is 0.000000141. The summed E-state index contributed by atoms with van der Waals surface area (Å²) in [4.78, 5) is 0. The molecule has 518 valence electrons. The first-order chi connectivity index (χ1) is 45.3. The van der Waals surface area contributed by atoms with E-state index < -0.39 is 32.3 Å². The molecule has 4 fully saturated rings. The standard InChI is InChI=1S/C27H34Si.3C22H32Si/c1-20-16-24-21(2)26(23-14-10-7-11-15-23)25(28(3,4)5)19-27(24,17-20)18-22-12-8-6-9-13-22;2*1-15-8-10-18(11-9-15)21-17(3)19-12-16(2)13-22(19,4)14-20(21)23(5,6)7;1-7-22-14-16(2)13-19(22)17(3)21(18-11-9-8-10-12-18)20(15-22)23(4,5)6/h6-15,20,24H,2,16-19H2,1,3-5H3;2*8-11,16,19H,3,12-14H2,1-2,4-7H3;8-12,16,19H,3,7,13-15H2,1-2,4-6H3/t20-,24+,27-;3*16-,19+,22+/m0100/s1. The van der Waals surface area contributed by atoms with E-state index in [1.807, 2.05) is 0 Å². The number of fused-ring (bicyclic) bond motifs is 4. The Kier molecular flexibility index (Phi) is 21.8. The quantitative estimate of drug-likeness (QED) is 0.116. The molecule has 5 aromatic carbocycles. The molecule has 0 nitrogen and oxygen atoms in total. The average Bonchev–Trinajstić information content (AvgIpc) is 1.70. The molecule has 0 N–H and O–H groups in total. The van der Waals surface area contributed by atoms with Gasteiger partial charge in [-0.2, -0.15) is 0 Å². The van der Waals surface area contributed by atoms with Crippen LogP contribution in [0.4, 0.5) is 0 Å². The van der Waals surface area contributed by atoms with E-state index in [1.165, 1.54) is 173 Å². The third-order valence-electron chi connectivity index (χ3n) is 25.8. The van der Waals surface area contributed by atoms with Crippen molar-refractivity contribution in [3.05, 3.63) is 248 Å². The van der Waals surface area contributed by atoms with Gasteiger partial charge < -0.3 is 0 Å². The van der Waals surface area contributed by atoms with Crippen molar-refractivity contribution in [2.45, 2.75) is 231 Å². The fourth-order valence-electron chi connectivity index (χ4n) is 21.3. The predicted octanol–water partition coefficient (Wildman–Crippen LogP) is 27.5. The van der Waals surface area contributed by atoms with Crippen molar-refractivity contribution in [2.75, 3.05) is 0 Å². The molecule has 0 spiro atoms. The molecule has 13 rings (SSSR count). The molecule has 0 heterocycles. The van der Waals surface area contributed by atoms with Crippen molar-refractivity contribution < 1.29 is 0 Å². The van der Waals surface area contributed by atoms with Gasteiger partial charge >= 0.3 is 0 Å². The van der Waals surface area contributed by atoms with Crippen LogP contribution >= 0.6 is 0 Å². The van der Waals surface area contributed by atoms with Gasteiger partial charge in [-0.3, -0.25) is 0 Å². The van der Waals surface area contributed by atoms with Crippen LogP contribution in [-0.2, 0) is 6.42 Å². The van der Waals surface area contributed by atoms with Crippen LogP contribution in [-0.4, -0.2) is 32.3 Å². The summed E-state index contributed by atoms with van der Waals surface area (Å²) < 4.78 is 0. The summed E-state index contributed by atoms with van der Waals surface area (Å²) in [6.45, 7) is 70.4. The number of rotatable bonds is 11. The summed E-state index contributed by atoms with van der Waals surface area (Å²) in [7, 11) is -5.58. The summed E-state index contributed by atoms with van der Waals surface area (Å²) in [6.07, 6.45) is 18.4. The Bertz CT molecular complexity index is 3720. The first kappa shape index (κ1) is 74.6. The molecule has 97 heavy (non-hydrogen) atoms. The average molecular weight is 1360 g/mol. The van der Waals surface area contributed by atoms with E-state index in [4.69, 9.17) is 6.58 Å². The third kappa shape index (κ3) is 15.6. The molecule has 0 unspecified atom stereocenters. The molecular formula is C93H130Si4. The fraction of sp³-hybridized carbons (Fsp3) is 0.505. The second-order valence-electron chi connectivity index (χ2n) is 38.1. The smallest absolute Gasteiger partial charge is 0.0732 e. The summed E-state index contributed by atoms with van der Waals surface area (Å²) in [5.74, 6) is 5.95. The number of allylic oxidation sites excluding steroid dienone is 12. The van der Waals surface area contributed by atoms with E-state index in [2.05, 4.69) is 300 Å². The SMILES string of the molecule is C=C1C(c2ccc(C)cc2)=C([Si](C)(C)C)C[C@@]2(C)C[C@@H](C)C[C@H]12.C=C1C(c2ccc(C)cc2)=C([Si](C)(C)C)C[C@]2(C)C[C@H](C)C[C@@H]12.C=C1C(c2ccccc2)=C([Si](C)(C)C)C[C@@]2(CC)C[C@@H](C)C[C@H]12.C=C1C(c2ccccc2)=C([Si](C)(C)C)C[C@@]2(Cc3ccccc3)C[C@@H](C)C[C@H]12. The molecule has 8 aliphatic rings. The van der Waals surface area contributed by atoms with Gasteiger partial charge in [-0.15, -0.1) is 0 Å². The number of benzene rings is 5. The van der Waals surface area contributed by atoms with Crippen LogP contribution in [0.5, 0.6) is 0 Å². The van der Waals surface area contributed by atoms with Gasteiger partial charge in [-0.25, -0.2) is 0 Å². The maximum Gasteiger partial charge on any atom is 0.0732 e. The van der Waals surface area contributed by atoms with Gasteiger partial charge in [-0.05, 0) is 245 Å². The maximum absolute atomic E-state index is 4.76. The maximum atomic E-state index is 4.76. The summed E-state index contributed by atoms with van der Waals surface area (Å²) in [5.41, 5.74) is 23.3. The van der Waals surface area contributed by atoms with Gasteiger partial charge in [0.25, 0.3) is 0 Å². The normalized spacial score (nSPS) is 30.4. The van der Waals surface area contributed by atoms with Crippen LogP contribution in [0, 0.1) is 82.9 Å². The lowest BCUT2D eigenvalue weighted by atomic mass is 9.63. The first-order valence-electron chi connectivity index (χ1n) is 38.3. The Morgan fingerprint density at radius 1 is 0.340 bits per heavy atom. The van der Waals surface area contributed by atoms with Crippen LogP contribution in [0.2, 0.25) is 78.6 Å². The predicted molar refractivity (Wildman–Crippen MR) is 440 cm³/mol. The van der Waals surface area contributed by atoms with E-state index >= 15 is 0 Å². The van der Waals surface area contributed by atoms with Crippen LogP contribution in [0.1, 0.15) is 171 Å². The Hall–Kier alpha value is -5.11. The molecular weight excluding hydrogens is 1230 g/mol. The van der Waals surface area contributed by atoms with E-state index in [9.17, 15) is 0 Å². The van der Waals surface area contributed by atoms with Gasteiger partial charge in [0.1, 0.15) is 0 Å². The van der Waals surface area contributed by atoms with E-state index in [0.29, 0.717) is 45.3 Å². The lowest BCUT2D eigenvalue weighted by molar-refractivity contribution is 0.213. The Morgan fingerprint density at radius 3 is 0.948 bits per heavy atom. The van der Waals surface area contributed by atoms with Gasteiger partial charge in [0, 0.05) is 0 Å². The lowest BCUT2D eigenvalue weighted by Gasteiger charge is -2.46. The Morgan fingerprint density at radius 2 is 0.608 bits per heavy atom. The molecule has 5 aromatic rings. The van der Waals surface area contributed by atoms with Crippen molar-refractivity contribution >= 4 is 54.6 Å². The Labute approximate surface area is 598 Å².